The van der Waals surface area contributed by atoms with Gasteiger partial charge in [0, 0.05) is 0 Å². The van der Waals surface area contributed by atoms with Crippen molar-refractivity contribution in [1.29, 1.82) is 0 Å². The topological polar surface area (TPSA) is 3.24 Å². The summed E-state index contributed by atoms with van der Waals surface area (Å²) >= 11 is 0. The molecule has 106 valence electrons. The van der Waals surface area contributed by atoms with Crippen LogP contribution in [0.5, 0.6) is 0 Å². The van der Waals surface area contributed by atoms with E-state index in [1.165, 1.54) is 71.0 Å². The molecule has 1 aliphatic heterocycles. The van der Waals surface area contributed by atoms with E-state index < -0.39 is 0 Å². The van der Waals surface area contributed by atoms with E-state index in [2.05, 4.69) is 31.7 Å². The predicted molar refractivity (Wildman–Crippen MR) is 82.0 cm³/mol. The fraction of sp³-hybridized carbons (Fsp3) is 0.882. The first-order valence-electron chi connectivity index (χ1n) is 8.12. The first-order valence-corrected chi connectivity index (χ1v) is 8.12. The van der Waals surface area contributed by atoms with Crippen molar-refractivity contribution >= 4 is 0 Å². The zero-order chi connectivity index (χ0) is 13.2. The maximum Gasteiger partial charge on any atom is -0.00187 e. The minimum atomic E-state index is 0.778. The molecule has 18 heavy (non-hydrogen) atoms. The maximum absolute atomic E-state index is 2.66. The Kier molecular flexibility index (Phi) is 8.41. The summed E-state index contributed by atoms with van der Waals surface area (Å²) < 4.78 is 0. The van der Waals surface area contributed by atoms with Crippen molar-refractivity contribution in [1.82, 2.24) is 4.90 Å². The fourth-order valence-corrected chi connectivity index (χ4v) is 2.85. The molecule has 0 bridgehead atoms. The van der Waals surface area contributed by atoms with Gasteiger partial charge in [0.1, 0.15) is 0 Å². The van der Waals surface area contributed by atoms with Crippen LogP contribution in [-0.2, 0) is 0 Å². The zero-order valence-corrected chi connectivity index (χ0v) is 12.9. The third kappa shape index (κ3) is 7.20. The fourth-order valence-electron chi connectivity index (χ4n) is 2.85. The van der Waals surface area contributed by atoms with Crippen LogP contribution in [0.2, 0.25) is 0 Å². The van der Waals surface area contributed by atoms with Crippen LogP contribution in [0.1, 0.15) is 72.1 Å². The summed E-state index contributed by atoms with van der Waals surface area (Å²) in [6, 6.07) is 0. The molecule has 0 radical (unpaired) electrons. The summed E-state index contributed by atoms with van der Waals surface area (Å²) in [5.74, 6) is 0.778. The second-order valence-corrected chi connectivity index (χ2v) is 6.10. The lowest BCUT2D eigenvalue weighted by Crippen LogP contribution is -2.30. The van der Waals surface area contributed by atoms with Crippen molar-refractivity contribution in [3.63, 3.8) is 0 Å². The molecule has 1 heteroatoms. The predicted octanol–water partition coefficient (Wildman–Crippen LogP) is 5.03. The van der Waals surface area contributed by atoms with Crippen molar-refractivity contribution in [3.05, 3.63) is 11.6 Å². The molecule has 0 amide bonds. The van der Waals surface area contributed by atoms with E-state index >= 15 is 0 Å². The third-order valence-electron chi connectivity index (χ3n) is 4.21. The van der Waals surface area contributed by atoms with E-state index in [1.54, 1.807) is 5.57 Å². The number of rotatable bonds is 8. The lowest BCUT2D eigenvalue weighted by Gasteiger charge is -2.26. The standard InChI is InChI=1S/C17H33N/c1-4-16(2)15-17(3)11-7-5-8-12-18-13-9-6-10-14-18/h15,17H,4-14H2,1-3H3. The zero-order valence-electron chi connectivity index (χ0n) is 12.9. The summed E-state index contributed by atoms with van der Waals surface area (Å²) in [4.78, 5) is 2.66. The summed E-state index contributed by atoms with van der Waals surface area (Å²) in [7, 11) is 0. The van der Waals surface area contributed by atoms with Gasteiger partial charge < -0.3 is 4.90 Å². The van der Waals surface area contributed by atoms with Crippen LogP contribution in [0.15, 0.2) is 11.6 Å². The summed E-state index contributed by atoms with van der Waals surface area (Å²) in [5.41, 5.74) is 1.55. The minimum absolute atomic E-state index is 0.778. The normalized spacial score (nSPS) is 20.1. The maximum atomic E-state index is 2.66. The minimum Gasteiger partial charge on any atom is -0.303 e. The van der Waals surface area contributed by atoms with E-state index in [4.69, 9.17) is 0 Å². The Bertz CT molecular complexity index is 226. The van der Waals surface area contributed by atoms with Gasteiger partial charge in [0.2, 0.25) is 0 Å². The van der Waals surface area contributed by atoms with Crippen molar-refractivity contribution in [2.45, 2.75) is 72.1 Å². The molecule has 1 rings (SSSR count). The Hall–Kier alpha value is -0.300. The number of nitrogens with zero attached hydrogens (tertiary/aromatic N) is 1. The molecular formula is C17H33N. The second kappa shape index (κ2) is 9.61. The molecule has 1 aliphatic rings. The molecule has 0 aliphatic carbocycles. The Labute approximate surface area is 115 Å². The van der Waals surface area contributed by atoms with Crippen LogP contribution in [0.4, 0.5) is 0 Å². The Morgan fingerprint density at radius 3 is 2.50 bits per heavy atom. The van der Waals surface area contributed by atoms with Crippen LogP contribution >= 0.6 is 0 Å². The highest BCUT2D eigenvalue weighted by atomic mass is 15.1. The van der Waals surface area contributed by atoms with Crippen molar-refractivity contribution < 1.29 is 0 Å². The molecule has 0 N–H and O–H groups in total. The van der Waals surface area contributed by atoms with Gasteiger partial charge in [0.25, 0.3) is 0 Å². The van der Waals surface area contributed by atoms with Crippen LogP contribution in [0, 0.1) is 5.92 Å². The Morgan fingerprint density at radius 2 is 1.83 bits per heavy atom. The number of hydrogen-bond acceptors (Lipinski definition) is 1. The average Bonchev–Trinajstić information content (AvgIpc) is 2.39. The molecule has 0 aromatic rings. The van der Waals surface area contributed by atoms with Gasteiger partial charge in [0.05, 0.1) is 0 Å². The number of unbranched alkanes of at least 4 members (excludes halogenated alkanes) is 2. The highest BCUT2D eigenvalue weighted by molar-refractivity contribution is 4.99. The Balaban J connectivity index is 1.97. The van der Waals surface area contributed by atoms with E-state index in [-0.39, 0.29) is 0 Å². The van der Waals surface area contributed by atoms with Gasteiger partial charge in [-0.3, -0.25) is 0 Å². The van der Waals surface area contributed by atoms with Crippen LogP contribution in [0.25, 0.3) is 0 Å². The van der Waals surface area contributed by atoms with Crippen LogP contribution in [0.3, 0.4) is 0 Å². The van der Waals surface area contributed by atoms with Gasteiger partial charge in [-0.25, -0.2) is 0 Å². The van der Waals surface area contributed by atoms with Gasteiger partial charge in [-0.15, -0.1) is 0 Å². The van der Waals surface area contributed by atoms with E-state index in [1.807, 2.05) is 0 Å². The molecule has 0 aromatic carbocycles. The molecule has 1 atom stereocenters. The first-order chi connectivity index (χ1) is 8.72. The van der Waals surface area contributed by atoms with Gasteiger partial charge in [0.15, 0.2) is 0 Å². The van der Waals surface area contributed by atoms with Gasteiger partial charge in [-0.2, -0.15) is 0 Å². The number of hydrogen-bond donors (Lipinski definition) is 0. The highest BCUT2D eigenvalue weighted by Crippen LogP contribution is 2.15. The van der Waals surface area contributed by atoms with E-state index in [9.17, 15) is 0 Å². The van der Waals surface area contributed by atoms with Crippen molar-refractivity contribution in [2.24, 2.45) is 5.92 Å². The molecule has 0 spiro atoms. The van der Waals surface area contributed by atoms with E-state index in [0.717, 1.165) is 5.92 Å². The van der Waals surface area contributed by atoms with Crippen LogP contribution in [-0.4, -0.2) is 24.5 Å². The summed E-state index contributed by atoms with van der Waals surface area (Å²) in [5, 5.41) is 0. The lowest BCUT2D eigenvalue weighted by atomic mass is 10.00. The number of likely N-dealkylation sites (tertiary alicyclic amines) is 1. The Morgan fingerprint density at radius 1 is 1.11 bits per heavy atom. The van der Waals surface area contributed by atoms with Gasteiger partial charge in [-0.05, 0) is 64.6 Å². The number of piperidine rings is 1. The molecule has 0 aromatic heterocycles. The van der Waals surface area contributed by atoms with Gasteiger partial charge >= 0.3 is 0 Å². The van der Waals surface area contributed by atoms with Crippen LogP contribution < -0.4 is 0 Å². The monoisotopic (exact) mass is 251 g/mol. The first kappa shape index (κ1) is 15.8. The van der Waals surface area contributed by atoms with Gasteiger partial charge in [-0.1, -0.05) is 44.8 Å². The average molecular weight is 251 g/mol. The molecular weight excluding hydrogens is 218 g/mol. The molecule has 1 heterocycles. The number of allylic oxidation sites excluding steroid dienone is 2. The summed E-state index contributed by atoms with van der Waals surface area (Å²) in [6.07, 6.45) is 13.6. The van der Waals surface area contributed by atoms with Crippen molar-refractivity contribution in [2.75, 3.05) is 19.6 Å². The highest BCUT2D eigenvalue weighted by Gasteiger charge is 2.08. The second-order valence-electron chi connectivity index (χ2n) is 6.10. The SMILES string of the molecule is CCC(C)=CC(C)CCCCCN1CCCCC1. The largest absolute Gasteiger partial charge is 0.303 e. The molecule has 1 nitrogen and oxygen atoms in total. The lowest BCUT2D eigenvalue weighted by molar-refractivity contribution is 0.224. The molecule has 0 saturated carbocycles. The third-order valence-corrected chi connectivity index (χ3v) is 4.21. The quantitative estimate of drug-likeness (QED) is 0.432. The molecule has 1 unspecified atom stereocenters. The molecule has 1 saturated heterocycles. The van der Waals surface area contributed by atoms with E-state index in [0.29, 0.717) is 0 Å². The molecule has 1 fully saturated rings. The van der Waals surface area contributed by atoms with Crippen molar-refractivity contribution in [3.8, 4) is 0 Å². The summed E-state index contributed by atoms with van der Waals surface area (Å²) in [6.45, 7) is 10.9. The smallest absolute Gasteiger partial charge is 0.00187 e.